The van der Waals surface area contributed by atoms with Gasteiger partial charge in [-0.05, 0) is 37.1 Å². The minimum absolute atomic E-state index is 0.0732. The quantitative estimate of drug-likeness (QED) is 0.537. The number of hydrogen-bond acceptors (Lipinski definition) is 2. The Morgan fingerprint density at radius 3 is 2.00 bits per heavy atom. The van der Waals surface area contributed by atoms with Gasteiger partial charge in [0.05, 0.1) is 6.04 Å². The van der Waals surface area contributed by atoms with Crippen LogP contribution in [0.3, 0.4) is 0 Å². The first-order valence-electron chi connectivity index (χ1n) is 9.22. The summed E-state index contributed by atoms with van der Waals surface area (Å²) in [5.41, 5.74) is 4.67. The normalized spacial score (nSPS) is 11.8. The number of thioether (sulfide) groups is 1. The predicted octanol–water partition coefficient (Wildman–Crippen LogP) is 5.69. The first kappa shape index (κ1) is 19.2. The summed E-state index contributed by atoms with van der Waals surface area (Å²) in [6.07, 6.45) is 0.494. The highest BCUT2D eigenvalue weighted by atomic mass is 32.2. The summed E-state index contributed by atoms with van der Waals surface area (Å²) in [5.74, 6) is 0.841. The molecule has 0 spiro atoms. The van der Waals surface area contributed by atoms with Gasteiger partial charge in [0.25, 0.3) is 0 Å². The third-order valence-corrected chi connectivity index (χ3v) is 5.48. The number of nitrogens with one attached hydrogen (secondary N) is 1. The molecule has 27 heavy (non-hydrogen) atoms. The summed E-state index contributed by atoms with van der Waals surface area (Å²) in [5, 5.41) is 3.21. The van der Waals surface area contributed by atoms with E-state index in [-0.39, 0.29) is 11.9 Å². The fourth-order valence-corrected chi connectivity index (χ4v) is 3.74. The lowest BCUT2D eigenvalue weighted by Crippen LogP contribution is -2.29. The van der Waals surface area contributed by atoms with Gasteiger partial charge in [-0.2, -0.15) is 0 Å². The molecule has 1 N–H and O–H groups in total. The van der Waals surface area contributed by atoms with Crippen LogP contribution in [-0.4, -0.2) is 11.7 Å². The predicted molar refractivity (Wildman–Crippen MR) is 114 cm³/mol. The molecule has 0 saturated heterocycles. The molecule has 0 bridgehead atoms. The highest BCUT2D eigenvalue weighted by molar-refractivity contribution is 7.99. The Labute approximate surface area is 166 Å². The van der Waals surface area contributed by atoms with Gasteiger partial charge in [0.1, 0.15) is 0 Å². The van der Waals surface area contributed by atoms with E-state index in [4.69, 9.17) is 0 Å². The molecular weight excluding hydrogens is 350 g/mol. The van der Waals surface area contributed by atoms with E-state index in [2.05, 4.69) is 79.8 Å². The number of hydrogen-bond donors (Lipinski definition) is 1. The molecule has 1 amide bonds. The molecule has 0 aromatic heterocycles. The number of carbonyl (C=O) groups excluding carboxylic acids is 1. The van der Waals surface area contributed by atoms with Gasteiger partial charge in [0.2, 0.25) is 5.91 Å². The van der Waals surface area contributed by atoms with Crippen molar-refractivity contribution >= 4 is 17.7 Å². The van der Waals surface area contributed by atoms with Crippen LogP contribution in [0.2, 0.25) is 0 Å². The molecule has 0 saturated carbocycles. The van der Waals surface area contributed by atoms with E-state index in [1.54, 1.807) is 11.8 Å². The number of aryl methyl sites for hydroxylation is 2. The van der Waals surface area contributed by atoms with Crippen LogP contribution < -0.4 is 5.32 Å². The van der Waals surface area contributed by atoms with Crippen molar-refractivity contribution in [3.05, 3.63) is 101 Å². The minimum Gasteiger partial charge on any atom is -0.345 e. The molecule has 0 aliphatic carbocycles. The molecule has 0 radical (unpaired) electrons. The number of rotatable bonds is 7. The van der Waals surface area contributed by atoms with Crippen molar-refractivity contribution < 1.29 is 4.79 Å². The first-order chi connectivity index (χ1) is 13.1. The monoisotopic (exact) mass is 375 g/mol. The Bertz CT molecular complexity index is 857. The van der Waals surface area contributed by atoms with Gasteiger partial charge in [-0.3, -0.25) is 4.79 Å². The van der Waals surface area contributed by atoms with Crippen molar-refractivity contribution in [2.45, 2.75) is 31.2 Å². The zero-order chi connectivity index (χ0) is 19.1. The second-order valence-electron chi connectivity index (χ2n) is 6.73. The molecule has 2 nitrogen and oxygen atoms in total. The lowest BCUT2D eigenvalue weighted by molar-refractivity contribution is -0.121. The van der Waals surface area contributed by atoms with Crippen LogP contribution in [0.1, 0.15) is 34.7 Å². The minimum atomic E-state index is -0.122. The first-order valence-corrected chi connectivity index (χ1v) is 10.2. The molecule has 0 fully saturated rings. The molecule has 1 atom stereocenters. The van der Waals surface area contributed by atoms with Crippen molar-refractivity contribution in [2.75, 3.05) is 5.75 Å². The van der Waals surface area contributed by atoms with Gasteiger partial charge < -0.3 is 5.32 Å². The van der Waals surface area contributed by atoms with E-state index in [0.717, 1.165) is 16.9 Å². The fraction of sp³-hybridized carbons (Fsp3) is 0.208. The van der Waals surface area contributed by atoms with Crippen molar-refractivity contribution in [2.24, 2.45) is 0 Å². The molecule has 3 aromatic rings. The van der Waals surface area contributed by atoms with Crippen molar-refractivity contribution in [1.82, 2.24) is 5.32 Å². The molecule has 0 heterocycles. The smallest absolute Gasteiger partial charge is 0.221 e. The van der Waals surface area contributed by atoms with E-state index >= 15 is 0 Å². The standard InChI is InChI=1S/C24H25NOS/c1-18-8-12-21(13-9-18)24(20-6-4-3-5-7-20)25-23(26)16-17-27-22-14-10-19(2)11-15-22/h3-15,24H,16-17H2,1-2H3,(H,25,26)/t24-/m0/s1. The van der Waals surface area contributed by atoms with E-state index < -0.39 is 0 Å². The van der Waals surface area contributed by atoms with Crippen LogP contribution in [0.15, 0.2) is 83.8 Å². The third kappa shape index (κ3) is 5.73. The number of amides is 1. The highest BCUT2D eigenvalue weighted by Crippen LogP contribution is 2.23. The van der Waals surface area contributed by atoms with Crippen LogP contribution >= 0.6 is 11.8 Å². The Hall–Kier alpha value is -2.52. The zero-order valence-corrected chi connectivity index (χ0v) is 16.6. The molecule has 0 unspecified atom stereocenters. The number of carbonyl (C=O) groups is 1. The summed E-state index contributed by atoms with van der Waals surface area (Å²) < 4.78 is 0. The zero-order valence-electron chi connectivity index (χ0n) is 15.8. The number of benzene rings is 3. The molecule has 3 aromatic carbocycles. The summed E-state index contributed by atoms with van der Waals surface area (Å²) in [7, 11) is 0. The van der Waals surface area contributed by atoms with Gasteiger partial charge in [-0.25, -0.2) is 0 Å². The Morgan fingerprint density at radius 2 is 1.37 bits per heavy atom. The van der Waals surface area contributed by atoms with Gasteiger partial charge in [-0.1, -0.05) is 77.9 Å². The Balaban J connectivity index is 1.63. The summed E-state index contributed by atoms with van der Waals surface area (Å²) >= 11 is 1.72. The lowest BCUT2D eigenvalue weighted by atomic mass is 9.97. The Morgan fingerprint density at radius 1 is 0.815 bits per heavy atom. The SMILES string of the molecule is Cc1ccc(SCCC(=O)N[C@@H](c2ccccc2)c2ccc(C)cc2)cc1. The van der Waals surface area contributed by atoms with Crippen LogP contribution in [0.5, 0.6) is 0 Å². The van der Waals surface area contributed by atoms with Crippen LogP contribution in [-0.2, 0) is 4.79 Å². The molecule has 138 valence electrons. The van der Waals surface area contributed by atoms with Crippen molar-refractivity contribution in [1.29, 1.82) is 0 Å². The maximum absolute atomic E-state index is 12.6. The Kier molecular flexibility index (Phi) is 6.72. The molecule has 0 aliphatic heterocycles. The fourth-order valence-electron chi connectivity index (χ4n) is 2.89. The van der Waals surface area contributed by atoms with E-state index in [0.29, 0.717) is 6.42 Å². The van der Waals surface area contributed by atoms with Gasteiger partial charge in [0.15, 0.2) is 0 Å². The highest BCUT2D eigenvalue weighted by Gasteiger charge is 2.16. The summed E-state index contributed by atoms with van der Waals surface area (Å²) in [6.45, 7) is 4.15. The van der Waals surface area contributed by atoms with Gasteiger partial charge in [0, 0.05) is 17.1 Å². The average molecular weight is 376 g/mol. The van der Waals surface area contributed by atoms with Crippen molar-refractivity contribution in [3.63, 3.8) is 0 Å². The second-order valence-corrected chi connectivity index (χ2v) is 7.90. The largest absolute Gasteiger partial charge is 0.345 e. The van der Waals surface area contributed by atoms with Crippen LogP contribution in [0, 0.1) is 13.8 Å². The van der Waals surface area contributed by atoms with Crippen molar-refractivity contribution in [3.8, 4) is 0 Å². The third-order valence-electron chi connectivity index (χ3n) is 4.47. The van der Waals surface area contributed by atoms with E-state index in [9.17, 15) is 4.79 Å². The van der Waals surface area contributed by atoms with Crippen LogP contribution in [0.25, 0.3) is 0 Å². The maximum Gasteiger partial charge on any atom is 0.221 e. The topological polar surface area (TPSA) is 29.1 Å². The molecule has 3 rings (SSSR count). The van der Waals surface area contributed by atoms with Crippen LogP contribution in [0.4, 0.5) is 0 Å². The molecule has 0 aliphatic rings. The maximum atomic E-state index is 12.6. The lowest BCUT2D eigenvalue weighted by Gasteiger charge is -2.20. The van der Waals surface area contributed by atoms with Gasteiger partial charge >= 0.3 is 0 Å². The molecular formula is C24H25NOS. The average Bonchev–Trinajstić information content (AvgIpc) is 2.69. The summed E-state index contributed by atoms with van der Waals surface area (Å²) in [6, 6.07) is 26.8. The molecule has 3 heteroatoms. The second kappa shape index (κ2) is 9.43. The van der Waals surface area contributed by atoms with E-state index in [1.165, 1.54) is 16.0 Å². The summed E-state index contributed by atoms with van der Waals surface area (Å²) in [4.78, 5) is 13.8. The van der Waals surface area contributed by atoms with E-state index in [1.807, 2.05) is 18.2 Å². The van der Waals surface area contributed by atoms with Gasteiger partial charge in [-0.15, -0.1) is 11.8 Å².